The molecule has 0 aliphatic rings. The van der Waals surface area contributed by atoms with E-state index in [1.165, 1.54) is 0 Å². The van der Waals surface area contributed by atoms with Gasteiger partial charge in [0.05, 0.1) is 6.20 Å². The molecule has 2 aromatic rings. The molecule has 0 unspecified atom stereocenters. The summed E-state index contributed by atoms with van der Waals surface area (Å²) in [4.78, 5) is 14.6. The summed E-state index contributed by atoms with van der Waals surface area (Å²) in [6, 6.07) is 1.94. The van der Waals surface area contributed by atoms with Crippen molar-refractivity contribution in [1.29, 1.82) is 0 Å². The fourth-order valence-corrected chi connectivity index (χ4v) is 1.20. The Morgan fingerprint density at radius 2 is 2.58 bits per heavy atom. The van der Waals surface area contributed by atoms with E-state index < -0.39 is 0 Å². The maximum absolute atomic E-state index is 10.5. The average Bonchev–Trinajstić information content (AvgIpc) is 2.61. The summed E-state index contributed by atoms with van der Waals surface area (Å²) in [7, 11) is 0. The molecular formula is C8H9N3O. The molecule has 62 valence electrons. The number of aldehydes is 1. The molecule has 2 aromatic heterocycles. The zero-order valence-corrected chi connectivity index (χ0v) is 6.74. The quantitative estimate of drug-likeness (QED) is 0.672. The number of fused-ring (bicyclic) bond motifs is 1. The Balaban J connectivity index is 2.68. The number of nitrogens with zero attached hydrogens (tertiary/aromatic N) is 2. The van der Waals surface area contributed by atoms with Crippen LogP contribution < -0.4 is 0 Å². The highest BCUT2D eigenvalue weighted by Gasteiger charge is 2.04. The Morgan fingerprint density at radius 3 is 3.25 bits per heavy atom. The molecule has 0 bridgehead atoms. The minimum atomic E-state index is 0.560. The SMILES string of the molecule is CCc1cc2ncc(C=O)n2[nH]1. The summed E-state index contributed by atoms with van der Waals surface area (Å²) in [5.74, 6) is 0. The predicted octanol–water partition coefficient (Wildman–Crippen LogP) is 1.04. The van der Waals surface area contributed by atoms with Crippen LogP contribution in [-0.4, -0.2) is 20.9 Å². The van der Waals surface area contributed by atoms with Gasteiger partial charge in [-0.25, -0.2) is 9.50 Å². The van der Waals surface area contributed by atoms with Gasteiger partial charge in [0, 0.05) is 11.8 Å². The first-order valence-corrected chi connectivity index (χ1v) is 3.85. The summed E-state index contributed by atoms with van der Waals surface area (Å²) < 4.78 is 1.69. The predicted molar refractivity (Wildman–Crippen MR) is 44.3 cm³/mol. The Kier molecular flexibility index (Phi) is 1.46. The molecule has 0 aromatic carbocycles. The van der Waals surface area contributed by atoms with Crippen LogP contribution in [0.5, 0.6) is 0 Å². The minimum Gasteiger partial charge on any atom is -0.296 e. The van der Waals surface area contributed by atoms with Crippen molar-refractivity contribution in [1.82, 2.24) is 14.6 Å². The number of H-pyrrole nitrogens is 1. The first kappa shape index (κ1) is 7.09. The van der Waals surface area contributed by atoms with Gasteiger partial charge < -0.3 is 0 Å². The summed E-state index contributed by atoms with van der Waals surface area (Å²) in [5.41, 5.74) is 2.44. The summed E-state index contributed by atoms with van der Waals surface area (Å²) in [6.45, 7) is 2.05. The van der Waals surface area contributed by atoms with E-state index in [2.05, 4.69) is 10.1 Å². The van der Waals surface area contributed by atoms with Gasteiger partial charge in [-0.15, -0.1) is 0 Å². The van der Waals surface area contributed by atoms with Crippen molar-refractivity contribution in [2.45, 2.75) is 13.3 Å². The number of carbonyl (C=O) groups excluding carboxylic acids is 1. The highest BCUT2D eigenvalue weighted by Crippen LogP contribution is 2.06. The Morgan fingerprint density at radius 1 is 1.75 bits per heavy atom. The fraction of sp³-hybridized carbons (Fsp3) is 0.250. The van der Waals surface area contributed by atoms with Crippen LogP contribution in [0.4, 0.5) is 0 Å². The van der Waals surface area contributed by atoms with Gasteiger partial charge in [0.15, 0.2) is 11.9 Å². The second-order valence-corrected chi connectivity index (χ2v) is 2.63. The number of aryl methyl sites for hydroxylation is 1. The molecule has 2 heterocycles. The van der Waals surface area contributed by atoms with E-state index in [9.17, 15) is 4.79 Å². The number of aromatic nitrogens is 3. The van der Waals surface area contributed by atoms with E-state index in [0.717, 1.165) is 24.0 Å². The van der Waals surface area contributed by atoms with Crippen molar-refractivity contribution in [3.8, 4) is 0 Å². The van der Waals surface area contributed by atoms with Gasteiger partial charge in [0.25, 0.3) is 0 Å². The number of hydrogen-bond acceptors (Lipinski definition) is 2. The van der Waals surface area contributed by atoms with Crippen molar-refractivity contribution in [2.75, 3.05) is 0 Å². The van der Waals surface area contributed by atoms with Gasteiger partial charge in [-0.05, 0) is 6.42 Å². The molecule has 0 atom stereocenters. The zero-order valence-electron chi connectivity index (χ0n) is 6.74. The molecule has 4 heteroatoms. The Bertz CT molecular complexity index is 413. The number of aromatic amines is 1. The number of rotatable bonds is 2. The maximum atomic E-state index is 10.5. The minimum absolute atomic E-state index is 0.560. The normalized spacial score (nSPS) is 10.8. The van der Waals surface area contributed by atoms with Crippen LogP contribution in [0.3, 0.4) is 0 Å². The van der Waals surface area contributed by atoms with E-state index in [1.54, 1.807) is 10.7 Å². The lowest BCUT2D eigenvalue weighted by molar-refractivity contribution is 0.111. The molecular weight excluding hydrogens is 154 g/mol. The van der Waals surface area contributed by atoms with E-state index in [-0.39, 0.29) is 0 Å². The van der Waals surface area contributed by atoms with Crippen LogP contribution >= 0.6 is 0 Å². The van der Waals surface area contributed by atoms with Gasteiger partial charge in [-0.3, -0.25) is 9.89 Å². The van der Waals surface area contributed by atoms with E-state index in [0.29, 0.717) is 5.69 Å². The summed E-state index contributed by atoms with van der Waals surface area (Å²) in [5, 5.41) is 3.07. The number of imidazole rings is 1. The second kappa shape index (κ2) is 2.48. The van der Waals surface area contributed by atoms with Crippen LogP contribution in [0.25, 0.3) is 5.65 Å². The lowest BCUT2D eigenvalue weighted by atomic mass is 10.3. The zero-order chi connectivity index (χ0) is 8.55. The van der Waals surface area contributed by atoms with Crippen LogP contribution in [0.1, 0.15) is 23.1 Å². The molecule has 0 amide bonds. The van der Waals surface area contributed by atoms with Gasteiger partial charge in [-0.1, -0.05) is 6.92 Å². The first-order valence-electron chi connectivity index (χ1n) is 3.85. The second-order valence-electron chi connectivity index (χ2n) is 2.63. The largest absolute Gasteiger partial charge is 0.296 e. The molecule has 0 saturated carbocycles. The molecule has 0 aliphatic carbocycles. The number of hydrogen-bond donors (Lipinski definition) is 1. The van der Waals surface area contributed by atoms with Gasteiger partial charge >= 0.3 is 0 Å². The number of carbonyl (C=O) groups is 1. The van der Waals surface area contributed by atoms with Crippen LogP contribution in [0.2, 0.25) is 0 Å². The Labute approximate surface area is 69.2 Å². The molecule has 0 radical (unpaired) electrons. The van der Waals surface area contributed by atoms with Crippen LogP contribution in [-0.2, 0) is 6.42 Å². The third-order valence-electron chi connectivity index (χ3n) is 1.88. The molecule has 0 spiro atoms. The van der Waals surface area contributed by atoms with Gasteiger partial charge in [-0.2, -0.15) is 0 Å². The molecule has 4 nitrogen and oxygen atoms in total. The van der Waals surface area contributed by atoms with Crippen molar-refractivity contribution >= 4 is 11.9 Å². The van der Waals surface area contributed by atoms with E-state index in [4.69, 9.17) is 0 Å². The first-order chi connectivity index (χ1) is 5.85. The van der Waals surface area contributed by atoms with Gasteiger partial charge in [0.1, 0.15) is 5.69 Å². The monoisotopic (exact) mass is 163 g/mol. The average molecular weight is 163 g/mol. The van der Waals surface area contributed by atoms with Crippen molar-refractivity contribution in [3.05, 3.63) is 23.7 Å². The van der Waals surface area contributed by atoms with Crippen molar-refractivity contribution in [2.24, 2.45) is 0 Å². The van der Waals surface area contributed by atoms with E-state index in [1.807, 2.05) is 13.0 Å². The molecule has 0 aliphatic heterocycles. The third-order valence-corrected chi connectivity index (χ3v) is 1.88. The highest BCUT2D eigenvalue weighted by molar-refractivity contribution is 5.73. The molecule has 1 N–H and O–H groups in total. The fourth-order valence-electron chi connectivity index (χ4n) is 1.20. The maximum Gasteiger partial charge on any atom is 0.170 e. The van der Waals surface area contributed by atoms with Crippen molar-refractivity contribution < 1.29 is 4.79 Å². The standard InChI is InChI=1S/C8H9N3O/c1-2-6-3-8-9-4-7(5-12)11(8)10-6/h3-5,10H,2H2,1H3. The summed E-state index contributed by atoms with van der Waals surface area (Å²) >= 11 is 0. The third kappa shape index (κ3) is 0.845. The smallest absolute Gasteiger partial charge is 0.170 e. The van der Waals surface area contributed by atoms with Crippen LogP contribution in [0, 0.1) is 0 Å². The Hall–Kier alpha value is -1.58. The molecule has 0 fully saturated rings. The lowest BCUT2D eigenvalue weighted by Gasteiger charge is -1.88. The van der Waals surface area contributed by atoms with Gasteiger partial charge in [0.2, 0.25) is 0 Å². The topological polar surface area (TPSA) is 50.2 Å². The molecule has 0 saturated heterocycles. The number of nitrogens with one attached hydrogen (secondary N) is 1. The van der Waals surface area contributed by atoms with Crippen LogP contribution in [0.15, 0.2) is 12.3 Å². The molecule has 2 rings (SSSR count). The highest BCUT2D eigenvalue weighted by atomic mass is 16.1. The molecule has 12 heavy (non-hydrogen) atoms. The van der Waals surface area contributed by atoms with Crippen molar-refractivity contribution in [3.63, 3.8) is 0 Å². The summed E-state index contributed by atoms with van der Waals surface area (Å²) in [6.07, 6.45) is 3.26. The van der Waals surface area contributed by atoms with E-state index >= 15 is 0 Å². The lowest BCUT2D eigenvalue weighted by Crippen LogP contribution is -1.91.